The summed E-state index contributed by atoms with van der Waals surface area (Å²) in [6, 6.07) is 0. The van der Waals surface area contributed by atoms with Crippen molar-refractivity contribution in [3.05, 3.63) is 0 Å². The van der Waals surface area contributed by atoms with Gasteiger partial charge in [0.05, 0.1) is 12.3 Å². The molecule has 1 rings (SSSR count). The Balaban J connectivity index is 2.52. The summed E-state index contributed by atoms with van der Waals surface area (Å²) in [4.78, 5) is 6.75. The van der Waals surface area contributed by atoms with Crippen LogP contribution in [0.1, 0.15) is 34.1 Å². The van der Waals surface area contributed by atoms with Gasteiger partial charge in [-0.15, -0.1) is 0 Å². The Morgan fingerprint density at radius 3 is 2.55 bits per heavy atom. The van der Waals surface area contributed by atoms with Crippen molar-refractivity contribution in [1.82, 2.24) is 14.9 Å². The van der Waals surface area contributed by atoms with Crippen LogP contribution in [0.15, 0.2) is 4.99 Å². The zero-order valence-electron chi connectivity index (χ0n) is 13.1. The third kappa shape index (κ3) is 5.66. The van der Waals surface area contributed by atoms with Crippen LogP contribution in [0.25, 0.3) is 0 Å². The van der Waals surface area contributed by atoms with E-state index < -0.39 is 10.0 Å². The molecule has 6 nitrogen and oxygen atoms in total. The molecule has 0 atom stereocenters. The summed E-state index contributed by atoms with van der Waals surface area (Å²) in [6.07, 6.45) is 1.15. The van der Waals surface area contributed by atoms with Gasteiger partial charge >= 0.3 is 0 Å². The van der Waals surface area contributed by atoms with Gasteiger partial charge in [-0.25, -0.2) is 13.1 Å². The molecule has 1 heterocycles. The first-order chi connectivity index (χ1) is 9.29. The van der Waals surface area contributed by atoms with Crippen LogP contribution in [0.2, 0.25) is 0 Å². The summed E-state index contributed by atoms with van der Waals surface area (Å²) in [5, 5.41) is 3.27. The third-order valence-electron chi connectivity index (χ3n) is 3.39. The van der Waals surface area contributed by atoms with Gasteiger partial charge in [0, 0.05) is 26.2 Å². The number of hydrogen-bond acceptors (Lipinski definition) is 3. The largest absolute Gasteiger partial charge is 0.357 e. The number of nitrogens with zero attached hydrogens (tertiary/aromatic N) is 2. The molecule has 1 saturated heterocycles. The average molecular weight is 304 g/mol. The maximum absolute atomic E-state index is 11.3. The third-order valence-corrected chi connectivity index (χ3v) is 4.79. The van der Waals surface area contributed by atoms with Gasteiger partial charge in [-0.1, -0.05) is 13.8 Å². The van der Waals surface area contributed by atoms with E-state index in [1.165, 1.54) is 0 Å². The smallest absolute Gasteiger partial charge is 0.211 e. The number of likely N-dealkylation sites (tertiary alicyclic amines) is 1. The fourth-order valence-electron chi connectivity index (χ4n) is 2.18. The van der Waals surface area contributed by atoms with Gasteiger partial charge in [0.1, 0.15) is 0 Å². The van der Waals surface area contributed by atoms with Crippen molar-refractivity contribution < 1.29 is 8.42 Å². The zero-order chi connectivity index (χ0) is 15.2. The minimum Gasteiger partial charge on any atom is -0.357 e. The number of sulfonamides is 1. The van der Waals surface area contributed by atoms with Gasteiger partial charge in [0.15, 0.2) is 5.96 Å². The molecule has 0 aromatic rings. The first-order valence-corrected chi connectivity index (χ1v) is 8.95. The van der Waals surface area contributed by atoms with E-state index in [4.69, 9.17) is 0 Å². The molecule has 1 aliphatic rings. The predicted octanol–water partition coefficient (Wildman–Crippen LogP) is 0.623. The van der Waals surface area contributed by atoms with E-state index in [1.54, 1.807) is 6.92 Å². The lowest BCUT2D eigenvalue weighted by Crippen LogP contribution is -2.41. The number of guanidine groups is 1. The molecule has 0 radical (unpaired) electrons. The van der Waals surface area contributed by atoms with Crippen molar-refractivity contribution in [3.63, 3.8) is 0 Å². The molecule has 0 aliphatic carbocycles. The van der Waals surface area contributed by atoms with Crippen molar-refractivity contribution in [2.24, 2.45) is 10.4 Å². The second kappa shape index (κ2) is 7.26. The molecule has 2 N–H and O–H groups in total. The van der Waals surface area contributed by atoms with Crippen LogP contribution >= 0.6 is 0 Å². The number of hydrogen-bond donors (Lipinski definition) is 2. The van der Waals surface area contributed by atoms with Gasteiger partial charge in [0.2, 0.25) is 10.0 Å². The van der Waals surface area contributed by atoms with Crippen LogP contribution in [-0.2, 0) is 10.0 Å². The Morgan fingerprint density at radius 1 is 1.35 bits per heavy atom. The van der Waals surface area contributed by atoms with Gasteiger partial charge in [0.25, 0.3) is 0 Å². The molecular formula is C13H28N4O2S. The summed E-state index contributed by atoms with van der Waals surface area (Å²) in [5.74, 6) is 0.991. The van der Waals surface area contributed by atoms with Gasteiger partial charge < -0.3 is 10.2 Å². The molecule has 118 valence electrons. The molecule has 0 spiro atoms. The molecule has 20 heavy (non-hydrogen) atoms. The number of rotatable bonds is 6. The van der Waals surface area contributed by atoms with Crippen LogP contribution in [0.4, 0.5) is 0 Å². The van der Waals surface area contributed by atoms with Crippen molar-refractivity contribution in [1.29, 1.82) is 0 Å². The molecule has 0 unspecified atom stereocenters. The van der Waals surface area contributed by atoms with Gasteiger partial charge in [-0.2, -0.15) is 0 Å². The van der Waals surface area contributed by atoms with E-state index in [-0.39, 0.29) is 5.75 Å². The topological polar surface area (TPSA) is 73.8 Å². The zero-order valence-corrected chi connectivity index (χ0v) is 13.9. The van der Waals surface area contributed by atoms with Crippen LogP contribution < -0.4 is 10.0 Å². The van der Waals surface area contributed by atoms with Crippen LogP contribution in [0.5, 0.6) is 0 Å². The maximum Gasteiger partial charge on any atom is 0.211 e. The predicted molar refractivity (Wildman–Crippen MR) is 83.4 cm³/mol. The summed E-state index contributed by atoms with van der Waals surface area (Å²) in [6.45, 7) is 11.8. The molecule has 7 heteroatoms. The number of aliphatic imine (C=N–C) groups is 1. The molecule has 1 fully saturated rings. The lowest BCUT2D eigenvalue weighted by Gasteiger charge is -2.23. The number of nitrogens with one attached hydrogen (secondary N) is 2. The minimum absolute atomic E-state index is 0.108. The van der Waals surface area contributed by atoms with Crippen molar-refractivity contribution in [2.45, 2.75) is 34.1 Å². The van der Waals surface area contributed by atoms with Crippen molar-refractivity contribution in [3.8, 4) is 0 Å². The molecule has 0 saturated carbocycles. The van der Waals surface area contributed by atoms with E-state index >= 15 is 0 Å². The lowest BCUT2D eigenvalue weighted by atomic mass is 9.93. The Labute approximate surface area is 123 Å². The van der Waals surface area contributed by atoms with Crippen LogP contribution in [0.3, 0.4) is 0 Å². The Kier molecular flexibility index (Phi) is 6.26. The van der Waals surface area contributed by atoms with Gasteiger partial charge in [-0.3, -0.25) is 4.99 Å². The molecule has 0 aromatic carbocycles. The second-order valence-corrected chi connectivity index (χ2v) is 7.96. The highest BCUT2D eigenvalue weighted by Crippen LogP contribution is 2.28. The fraction of sp³-hybridized carbons (Fsp3) is 0.923. The Bertz CT molecular complexity index is 432. The second-order valence-electron chi connectivity index (χ2n) is 5.87. The Hall–Kier alpha value is -0.820. The highest BCUT2D eigenvalue weighted by molar-refractivity contribution is 7.89. The lowest BCUT2D eigenvalue weighted by molar-refractivity contribution is 0.370. The first kappa shape index (κ1) is 17.2. The summed E-state index contributed by atoms with van der Waals surface area (Å²) < 4.78 is 25.2. The van der Waals surface area contributed by atoms with E-state index in [1.807, 2.05) is 6.92 Å². The summed E-state index contributed by atoms with van der Waals surface area (Å²) in [5.41, 5.74) is 0.319. The normalized spacial score (nSPS) is 19.4. The first-order valence-electron chi connectivity index (χ1n) is 7.30. The summed E-state index contributed by atoms with van der Waals surface area (Å²) in [7, 11) is -3.12. The van der Waals surface area contributed by atoms with Crippen molar-refractivity contribution in [2.75, 3.05) is 38.5 Å². The molecule has 0 amide bonds. The van der Waals surface area contributed by atoms with E-state index in [2.05, 4.69) is 33.8 Å². The maximum atomic E-state index is 11.3. The highest BCUT2D eigenvalue weighted by Gasteiger charge is 2.30. The molecule has 0 bridgehead atoms. The van der Waals surface area contributed by atoms with E-state index in [0.29, 0.717) is 18.5 Å². The standard InChI is InChI=1S/C13H28N4O2S/c1-5-14-12(17-10-7-13(3,4)11-17)15-8-9-16-20(18,19)6-2/h16H,5-11H2,1-4H3,(H,14,15). The van der Waals surface area contributed by atoms with Crippen LogP contribution in [0, 0.1) is 5.41 Å². The molecule has 0 aromatic heterocycles. The van der Waals surface area contributed by atoms with E-state index in [0.717, 1.165) is 32.0 Å². The average Bonchev–Trinajstić information content (AvgIpc) is 2.73. The SMILES string of the molecule is CCNC(=NCCNS(=O)(=O)CC)N1CCC(C)(C)C1. The molecular weight excluding hydrogens is 276 g/mol. The van der Waals surface area contributed by atoms with Crippen molar-refractivity contribution >= 4 is 16.0 Å². The summed E-state index contributed by atoms with van der Waals surface area (Å²) >= 11 is 0. The minimum atomic E-state index is -3.12. The van der Waals surface area contributed by atoms with Gasteiger partial charge in [-0.05, 0) is 25.7 Å². The molecule has 1 aliphatic heterocycles. The highest BCUT2D eigenvalue weighted by atomic mass is 32.2. The van der Waals surface area contributed by atoms with Crippen LogP contribution in [-0.4, -0.2) is 57.8 Å². The monoisotopic (exact) mass is 304 g/mol. The quantitative estimate of drug-likeness (QED) is 0.429. The Morgan fingerprint density at radius 2 is 2.05 bits per heavy atom. The van der Waals surface area contributed by atoms with E-state index in [9.17, 15) is 8.42 Å². The fourth-order valence-corrected chi connectivity index (χ4v) is 2.79.